The minimum atomic E-state index is 0.0537. The summed E-state index contributed by atoms with van der Waals surface area (Å²) in [5, 5.41) is 3.22. The largest absolute Gasteiger partial charge is 0.378 e. The van der Waals surface area contributed by atoms with Crippen molar-refractivity contribution in [3.63, 3.8) is 0 Å². The molecular formula is C13H22BrNO2. The van der Waals surface area contributed by atoms with Gasteiger partial charge >= 0.3 is 0 Å². The van der Waals surface area contributed by atoms with Gasteiger partial charge in [0.1, 0.15) is 0 Å². The Labute approximate surface area is 112 Å². The summed E-state index contributed by atoms with van der Waals surface area (Å²) in [7, 11) is 0. The maximum absolute atomic E-state index is 12.2. The van der Waals surface area contributed by atoms with Crippen LogP contribution in [0, 0.1) is 5.92 Å². The quantitative estimate of drug-likeness (QED) is 0.629. The minimum Gasteiger partial charge on any atom is -0.378 e. The molecule has 0 aromatic carbocycles. The monoisotopic (exact) mass is 303 g/mol. The van der Waals surface area contributed by atoms with E-state index in [1.807, 2.05) is 6.92 Å². The van der Waals surface area contributed by atoms with Gasteiger partial charge in [0.15, 0.2) is 0 Å². The van der Waals surface area contributed by atoms with Crippen molar-refractivity contribution in [2.75, 3.05) is 6.61 Å². The van der Waals surface area contributed by atoms with E-state index in [0.29, 0.717) is 10.9 Å². The second-order valence-electron chi connectivity index (χ2n) is 5.24. The van der Waals surface area contributed by atoms with Crippen molar-refractivity contribution in [2.24, 2.45) is 5.92 Å². The normalized spacial score (nSPS) is 38.7. The summed E-state index contributed by atoms with van der Waals surface area (Å²) in [6.45, 7) is 2.72. The van der Waals surface area contributed by atoms with Crippen molar-refractivity contribution in [1.82, 2.24) is 5.32 Å². The zero-order valence-corrected chi connectivity index (χ0v) is 12.0. The zero-order chi connectivity index (χ0) is 12.3. The van der Waals surface area contributed by atoms with Crippen LogP contribution in [0.15, 0.2) is 0 Å². The van der Waals surface area contributed by atoms with Crippen LogP contribution in [0.3, 0.4) is 0 Å². The number of hydrogen-bond donors (Lipinski definition) is 1. The summed E-state index contributed by atoms with van der Waals surface area (Å²) in [6, 6.07) is 0.304. The Kier molecular flexibility index (Phi) is 4.86. The lowest BCUT2D eigenvalue weighted by atomic mass is 10.0. The second kappa shape index (κ2) is 6.19. The molecule has 0 aromatic rings. The third kappa shape index (κ3) is 3.44. The first-order valence-corrected chi connectivity index (χ1v) is 7.66. The summed E-state index contributed by atoms with van der Waals surface area (Å²) in [5.41, 5.74) is 0. The molecule has 4 unspecified atom stereocenters. The number of rotatable bonds is 2. The average Bonchev–Trinajstić information content (AvgIpc) is 2.63. The van der Waals surface area contributed by atoms with Crippen molar-refractivity contribution in [3.05, 3.63) is 0 Å². The van der Waals surface area contributed by atoms with Crippen LogP contribution in [0.2, 0.25) is 0 Å². The van der Waals surface area contributed by atoms with Crippen LogP contribution in [-0.2, 0) is 9.53 Å². The van der Waals surface area contributed by atoms with E-state index in [2.05, 4.69) is 21.2 Å². The van der Waals surface area contributed by atoms with Gasteiger partial charge in [-0.15, -0.1) is 0 Å². The Morgan fingerprint density at radius 2 is 2.00 bits per heavy atom. The van der Waals surface area contributed by atoms with Gasteiger partial charge in [0.25, 0.3) is 0 Å². The van der Waals surface area contributed by atoms with Gasteiger partial charge in [0.05, 0.1) is 12.0 Å². The molecule has 1 heterocycles. The number of carbonyl (C=O) groups is 1. The first-order valence-electron chi connectivity index (χ1n) is 6.74. The first kappa shape index (κ1) is 13.3. The molecule has 1 N–H and O–H groups in total. The third-order valence-corrected chi connectivity index (χ3v) is 5.07. The van der Waals surface area contributed by atoms with Crippen LogP contribution in [0.4, 0.5) is 0 Å². The highest BCUT2D eigenvalue weighted by atomic mass is 79.9. The maximum atomic E-state index is 12.2. The smallest absolute Gasteiger partial charge is 0.226 e. The fourth-order valence-electron chi connectivity index (χ4n) is 2.79. The molecule has 2 rings (SSSR count). The Morgan fingerprint density at radius 3 is 2.71 bits per heavy atom. The van der Waals surface area contributed by atoms with Crippen molar-refractivity contribution in [3.8, 4) is 0 Å². The van der Waals surface area contributed by atoms with Gasteiger partial charge < -0.3 is 10.1 Å². The van der Waals surface area contributed by atoms with E-state index in [4.69, 9.17) is 4.74 Å². The van der Waals surface area contributed by atoms with E-state index in [1.54, 1.807) is 0 Å². The van der Waals surface area contributed by atoms with Gasteiger partial charge in [0, 0.05) is 17.5 Å². The molecule has 1 aliphatic heterocycles. The van der Waals surface area contributed by atoms with Crippen molar-refractivity contribution >= 4 is 21.8 Å². The Hall–Kier alpha value is -0.0900. The van der Waals surface area contributed by atoms with E-state index < -0.39 is 0 Å². The molecule has 17 heavy (non-hydrogen) atoms. The van der Waals surface area contributed by atoms with Gasteiger partial charge in [-0.25, -0.2) is 0 Å². The Morgan fingerprint density at radius 1 is 1.24 bits per heavy atom. The van der Waals surface area contributed by atoms with Crippen LogP contribution < -0.4 is 5.32 Å². The standard InChI is InChI=1S/C13H22BrNO2/c1-9-10(7-8-17-9)13(16)15-12-6-4-2-3-5-11(12)14/h9-12H,2-8H2,1H3,(H,15,16). The molecule has 1 saturated carbocycles. The average molecular weight is 304 g/mol. The lowest BCUT2D eigenvalue weighted by Gasteiger charge is -2.24. The molecule has 2 fully saturated rings. The van der Waals surface area contributed by atoms with Crippen molar-refractivity contribution < 1.29 is 9.53 Å². The van der Waals surface area contributed by atoms with Gasteiger partial charge in [-0.2, -0.15) is 0 Å². The van der Waals surface area contributed by atoms with Gasteiger partial charge in [0.2, 0.25) is 5.91 Å². The number of hydrogen-bond acceptors (Lipinski definition) is 2. The lowest BCUT2D eigenvalue weighted by Crippen LogP contribution is -2.44. The van der Waals surface area contributed by atoms with Crippen molar-refractivity contribution in [2.45, 2.75) is 62.4 Å². The molecule has 2 aliphatic rings. The fourth-order valence-corrected chi connectivity index (χ4v) is 3.51. The van der Waals surface area contributed by atoms with E-state index in [9.17, 15) is 4.79 Å². The highest BCUT2D eigenvalue weighted by molar-refractivity contribution is 9.09. The summed E-state index contributed by atoms with van der Waals surface area (Å²) in [6.07, 6.45) is 7.00. The molecule has 1 amide bonds. The minimum absolute atomic E-state index is 0.0537. The Bertz CT molecular complexity index is 272. The number of halogens is 1. The number of nitrogens with one attached hydrogen (secondary N) is 1. The highest BCUT2D eigenvalue weighted by Crippen LogP contribution is 2.25. The molecular weight excluding hydrogens is 282 g/mol. The van der Waals surface area contributed by atoms with E-state index >= 15 is 0 Å². The van der Waals surface area contributed by atoms with Crippen LogP contribution in [0.25, 0.3) is 0 Å². The van der Waals surface area contributed by atoms with Gasteiger partial charge in [-0.05, 0) is 26.2 Å². The first-order chi connectivity index (χ1) is 8.18. The van der Waals surface area contributed by atoms with Gasteiger partial charge in [-0.1, -0.05) is 35.2 Å². The van der Waals surface area contributed by atoms with Crippen LogP contribution in [0.1, 0.15) is 45.4 Å². The summed E-state index contributed by atoms with van der Waals surface area (Å²) < 4.78 is 5.45. The summed E-state index contributed by atoms with van der Waals surface area (Å²) in [4.78, 5) is 12.6. The van der Waals surface area contributed by atoms with Crippen LogP contribution >= 0.6 is 15.9 Å². The van der Waals surface area contributed by atoms with Gasteiger partial charge in [-0.3, -0.25) is 4.79 Å². The highest BCUT2D eigenvalue weighted by Gasteiger charge is 2.33. The molecule has 0 bridgehead atoms. The predicted molar refractivity (Wildman–Crippen MR) is 71.3 cm³/mol. The molecule has 0 aromatic heterocycles. The molecule has 1 saturated heterocycles. The molecule has 0 spiro atoms. The molecule has 0 radical (unpaired) electrons. The second-order valence-corrected chi connectivity index (χ2v) is 6.42. The topological polar surface area (TPSA) is 38.3 Å². The lowest BCUT2D eigenvalue weighted by molar-refractivity contribution is -0.127. The van der Waals surface area contributed by atoms with Crippen molar-refractivity contribution in [1.29, 1.82) is 0 Å². The predicted octanol–water partition coefficient (Wildman–Crippen LogP) is 2.62. The number of carbonyl (C=O) groups excluding carboxylic acids is 1. The molecule has 1 aliphatic carbocycles. The number of amides is 1. The molecule has 4 heteroatoms. The molecule has 3 nitrogen and oxygen atoms in total. The number of alkyl halides is 1. The summed E-state index contributed by atoms with van der Waals surface area (Å²) in [5.74, 6) is 0.240. The van der Waals surface area contributed by atoms with E-state index in [1.165, 1.54) is 25.7 Å². The SMILES string of the molecule is CC1OCCC1C(=O)NC1CCCCCC1Br. The maximum Gasteiger partial charge on any atom is 0.226 e. The van der Waals surface area contributed by atoms with Crippen LogP contribution in [0.5, 0.6) is 0 Å². The molecule has 4 atom stereocenters. The Balaban J connectivity index is 1.88. The third-order valence-electron chi connectivity index (χ3n) is 3.97. The zero-order valence-electron chi connectivity index (χ0n) is 10.5. The van der Waals surface area contributed by atoms with E-state index in [-0.39, 0.29) is 17.9 Å². The fraction of sp³-hybridized carbons (Fsp3) is 0.923. The summed E-state index contributed by atoms with van der Waals surface area (Å²) >= 11 is 3.71. The van der Waals surface area contributed by atoms with Crippen LogP contribution in [-0.4, -0.2) is 29.5 Å². The number of ether oxygens (including phenoxy) is 1. The van der Waals surface area contributed by atoms with E-state index in [0.717, 1.165) is 19.4 Å². The molecule has 98 valence electrons.